The Balaban J connectivity index is 2.25. The highest BCUT2D eigenvalue weighted by Gasteiger charge is 2.26. The van der Waals surface area contributed by atoms with Gasteiger partial charge in [-0.25, -0.2) is 0 Å². The van der Waals surface area contributed by atoms with Crippen molar-refractivity contribution in [2.24, 2.45) is 17.8 Å². The van der Waals surface area contributed by atoms with E-state index in [0.29, 0.717) is 12.0 Å². The molecule has 0 spiro atoms. The van der Waals surface area contributed by atoms with E-state index in [2.05, 4.69) is 26.1 Å². The Morgan fingerprint density at radius 3 is 2.56 bits per heavy atom. The van der Waals surface area contributed by atoms with Crippen molar-refractivity contribution in [1.82, 2.24) is 5.32 Å². The van der Waals surface area contributed by atoms with Crippen molar-refractivity contribution in [1.29, 1.82) is 0 Å². The molecule has 0 amide bonds. The molecule has 0 heterocycles. The van der Waals surface area contributed by atoms with Gasteiger partial charge >= 0.3 is 0 Å². The predicted molar refractivity (Wildman–Crippen MR) is 69.4 cm³/mol. The predicted octanol–water partition coefficient (Wildman–Crippen LogP) is 2.81. The lowest BCUT2D eigenvalue weighted by atomic mass is 9.78. The highest BCUT2D eigenvalue weighted by atomic mass is 16.3. The van der Waals surface area contributed by atoms with Crippen molar-refractivity contribution < 1.29 is 5.11 Å². The number of nitrogens with one attached hydrogen (secondary N) is 1. The molecule has 0 saturated heterocycles. The maximum Gasteiger partial charge on any atom is 0.0515 e. The highest BCUT2D eigenvalue weighted by Crippen LogP contribution is 2.29. The molecule has 2 heteroatoms. The molecule has 0 aromatic heterocycles. The fraction of sp³-hybridized carbons (Fsp3) is 1.00. The van der Waals surface area contributed by atoms with Gasteiger partial charge in [0.25, 0.3) is 0 Å². The molecule has 5 unspecified atom stereocenters. The normalized spacial score (nSPS) is 34.7. The first kappa shape index (κ1) is 14.0. The highest BCUT2D eigenvalue weighted by molar-refractivity contribution is 4.82. The SMILES string of the molecule is CC(O)CC(C)CNC1CCCC(C)C1C. The van der Waals surface area contributed by atoms with Gasteiger partial charge in [-0.05, 0) is 44.1 Å². The summed E-state index contributed by atoms with van der Waals surface area (Å²) in [5, 5.41) is 13.0. The summed E-state index contributed by atoms with van der Waals surface area (Å²) < 4.78 is 0. The standard InChI is InChI=1S/C14H29NO/c1-10(8-12(3)16)9-15-14-7-5-6-11(2)13(14)4/h10-16H,5-9H2,1-4H3. The van der Waals surface area contributed by atoms with E-state index in [1.54, 1.807) is 0 Å². The zero-order valence-corrected chi connectivity index (χ0v) is 11.4. The van der Waals surface area contributed by atoms with E-state index in [-0.39, 0.29) is 6.10 Å². The molecule has 1 fully saturated rings. The van der Waals surface area contributed by atoms with Gasteiger partial charge in [-0.2, -0.15) is 0 Å². The van der Waals surface area contributed by atoms with Crippen LogP contribution >= 0.6 is 0 Å². The van der Waals surface area contributed by atoms with Crippen molar-refractivity contribution >= 4 is 0 Å². The van der Waals surface area contributed by atoms with Crippen LogP contribution in [0, 0.1) is 17.8 Å². The van der Waals surface area contributed by atoms with Crippen molar-refractivity contribution in [3.63, 3.8) is 0 Å². The van der Waals surface area contributed by atoms with Crippen LogP contribution in [0.15, 0.2) is 0 Å². The molecule has 0 aromatic carbocycles. The fourth-order valence-corrected chi connectivity index (χ4v) is 2.89. The molecule has 0 aromatic rings. The van der Waals surface area contributed by atoms with Crippen molar-refractivity contribution in [2.75, 3.05) is 6.54 Å². The van der Waals surface area contributed by atoms with Gasteiger partial charge in [0.05, 0.1) is 6.10 Å². The van der Waals surface area contributed by atoms with Crippen molar-refractivity contribution in [3.05, 3.63) is 0 Å². The molecule has 1 rings (SSSR count). The molecule has 2 N–H and O–H groups in total. The third kappa shape index (κ3) is 4.42. The first-order valence-electron chi connectivity index (χ1n) is 6.92. The van der Waals surface area contributed by atoms with E-state index in [4.69, 9.17) is 0 Å². The topological polar surface area (TPSA) is 32.3 Å². The molecule has 1 aliphatic carbocycles. The fourth-order valence-electron chi connectivity index (χ4n) is 2.89. The molecular weight excluding hydrogens is 198 g/mol. The van der Waals surface area contributed by atoms with Crippen LogP contribution in [0.25, 0.3) is 0 Å². The third-order valence-electron chi connectivity index (χ3n) is 4.18. The van der Waals surface area contributed by atoms with Gasteiger partial charge in [0.15, 0.2) is 0 Å². The largest absolute Gasteiger partial charge is 0.393 e. The van der Waals surface area contributed by atoms with Crippen LogP contribution in [-0.2, 0) is 0 Å². The third-order valence-corrected chi connectivity index (χ3v) is 4.18. The second kappa shape index (κ2) is 6.61. The monoisotopic (exact) mass is 227 g/mol. The summed E-state index contributed by atoms with van der Waals surface area (Å²) in [6.07, 6.45) is 4.83. The second-order valence-corrected chi connectivity index (χ2v) is 5.97. The summed E-state index contributed by atoms with van der Waals surface area (Å²) in [5.41, 5.74) is 0. The summed E-state index contributed by atoms with van der Waals surface area (Å²) in [6, 6.07) is 0.695. The van der Waals surface area contributed by atoms with E-state index in [9.17, 15) is 5.11 Å². The minimum Gasteiger partial charge on any atom is -0.393 e. The van der Waals surface area contributed by atoms with Crippen LogP contribution < -0.4 is 5.32 Å². The summed E-state index contributed by atoms with van der Waals surface area (Å²) in [4.78, 5) is 0. The average Bonchev–Trinajstić information content (AvgIpc) is 2.19. The molecule has 0 aliphatic heterocycles. The quantitative estimate of drug-likeness (QED) is 0.757. The van der Waals surface area contributed by atoms with Crippen LogP contribution in [0.3, 0.4) is 0 Å². The average molecular weight is 227 g/mol. The molecule has 16 heavy (non-hydrogen) atoms. The summed E-state index contributed by atoms with van der Waals surface area (Å²) >= 11 is 0. The molecule has 1 saturated carbocycles. The molecule has 96 valence electrons. The van der Waals surface area contributed by atoms with Gasteiger partial charge in [0.1, 0.15) is 0 Å². The van der Waals surface area contributed by atoms with Crippen molar-refractivity contribution in [3.8, 4) is 0 Å². The van der Waals surface area contributed by atoms with Crippen LogP contribution in [0.5, 0.6) is 0 Å². The van der Waals surface area contributed by atoms with E-state index < -0.39 is 0 Å². The molecular formula is C14H29NO. The van der Waals surface area contributed by atoms with Gasteiger partial charge in [0.2, 0.25) is 0 Å². The molecule has 0 bridgehead atoms. The van der Waals surface area contributed by atoms with Crippen LogP contribution in [0.2, 0.25) is 0 Å². The van der Waals surface area contributed by atoms with E-state index in [0.717, 1.165) is 24.8 Å². The Morgan fingerprint density at radius 2 is 1.94 bits per heavy atom. The maximum absolute atomic E-state index is 9.33. The summed E-state index contributed by atoms with van der Waals surface area (Å²) in [7, 11) is 0. The Morgan fingerprint density at radius 1 is 1.25 bits per heavy atom. The number of hydrogen-bond acceptors (Lipinski definition) is 2. The molecule has 5 atom stereocenters. The van der Waals surface area contributed by atoms with E-state index in [1.807, 2.05) is 6.92 Å². The van der Waals surface area contributed by atoms with Crippen LogP contribution in [-0.4, -0.2) is 23.8 Å². The first-order valence-corrected chi connectivity index (χ1v) is 6.92. The van der Waals surface area contributed by atoms with Crippen molar-refractivity contribution in [2.45, 2.75) is 65.5 Å². The zero-order chi connectivity index (χ0) is 12.1. The second-order valence-electron chi connectivity index (χ2n) is 5.97. The van der Waals surface area contributed by atoms with Gasteiger partial charge in [0, 0.05) is 6.04 Å². The summed E-state index contributed by atoms with van der Waals surface area (Å²) in [6.45, 7) is 9.89. The number of aliphatic hydroxyl groups is 1. The molecule has 0 radical (unpaired) electrons. The minimum absolute atomic E-state index is 0.167. The number of rotatable bonds is 5. The zero-order valence-electron chi connectivity index (χ0n) is 11.4. The maximum atomic E-state index is 9.33. The Labute approximate surface area is 101 Å². The van der Waals surface area contributed by atoms with Crippen LogP contribution in [0.4, 0.5) is 0 Å². The van der Waals surface area contributed by atoms with Gasteiger partial charge in [-0.1, -0.05) is 33.6 Å². The number of aliphatic hydroxyl groups excluding tert-OH is 1. The molecule has 1 aliphatic rings. The van der Waals surface area contributed by atoms with Gasteiger partial charge in [-0.3, -0.25) is 0 Å². The lowest BCUT2D eigenvalue weighted by Crippen LogP contribution is -2.42. The molecule has 2 nitrogen and oxygen atoms in total. The number of hydrogen-bond donors (Lipinski definition) is 2. The van der Waals surface area contributed by atoms with E-state index in [1.165, 1.54) is 19.3 Å². The lowest BCUT2D eigenvalue weighted by Gasteiger charge is -2.35. The van der Waals surface area contributed by atoms with E-state index >= 15 is 0 Å². The Hall–Kier alpha value is -0.0800. The van der Waals surface area contributed by atoms with Gasteiger partial charge < -0.3 is 10.4 Å². The Bertz CT molecular complexity index is 193. The lowest BCUT2D eigenvalue weighted by molar-refractivity contribution is 0.155. The smallest absolute Gasteiger partial charge is 0.0515 e. The Kier molecular flexibility index (Phi) is 5.77. The summed E-state index contributed by atoms with van der Waals surface area (Å²) in [5.74, 6) is 2.23. The van der Waals surface area contributed by atoms with Crippen LogP contribution in [0.1, 0.15) is 53.4 Å². The minimum atomic E-state index is -0.167. The first-order chi connectivity index (χ1) is 7.50. The van der Waals surface area contributed by atoms with Gasteiger partial charge in [-0.15, -0.1) is 0 Å².